The Kier molecular flexibility index (Phi) is 4.11. The number of alkyl halides is 1. The summed E-state index contributed by atoms with van der Waals surface area (Å²) < 4.78 is 1.96. The summed E-state index contributed by atoms with van der Waals surface area (Å²) in [5, 5.41) is 0. The fourth-order valence-electron chi connectivity index (χ4n) is 1.40. The van der Waals surface area contributed by atoms with Crippen LogP contribution in [0, 0.1) is 6.92 Å². The second-order valence-corrected chi connectivity index (χ2v) is 7.03. The van der Waals surface area contributed by atoms with Crippen LogP contribution in [0.25, 0.3) is 0 Å². The zero-order valence-corrected chi connectivity index (χ0v) is 13.3. The van der Waals surface area contributed by atoms with Crippen molar-refractivity contribution in [2.24, 2.45) is 0 Å². The van der Waals surface area contributed by atoms with Crippen LogP contribution < -0.4 is 0 Å². The molecule has 0 aliphatic rings. The summed E-state index contributed by atoms with van der Waals surface area (Å²) in [6.07, 6.45) is 0. The van der Waals surface area contributed by atoms with Gasteiger partial charge in [0.15, 0.2) is 0 Å². The predicted molar refractivity (Wildman–Crippen MR) is 79.0 cm³/mol. The highest BCUT2D eigenvalue weighted by Crippen LogP contribution is 2.37. The molecule has 2 aromatic rings. The largest absolute Gasteiger partial charge is 0.127 e. The molecule has 0 N–H and O–H groups in total. The molecular weight excluding hydrogens is 371 g/mol. The molecule has 2 rings (SSSR count). The molecule has 1 aromatic carbocycles. The minimum Gasteiger partial charge on any atom is -0.127 e. The van der Waals surface area contributed by atoms with E-state index in [1.165, 1.54) is 16.0 Å². The maximum Gasteiger partial charge on any atom is 0.0931 e. The van der Waals surface area contributed by atoms with Crippen molar-refractivity contribution < 1.29 is 0 Å². The molecule has 1 atom stereocenters. The molecule has 0 nitrogen and oxygen atoms in total. The molecule has 0 fully saturated rings. The lowest BCUT2D eigenvalue weighted by Crippen LogP contribution is -1.90. The normalized spacial score (nSPS) is 12.8. The van der Waals surface area contributed by atoms with Gasteiger partial charge in [-0.1, -0.05) is 55.6 Å². The van der Waals surface area contributed by atoms with Gasteiger partial charge in [0.25, 0.3) is 0 Å². The molecule has 0 radical (unpaired) electrons. The number of thiophene rings is 1. The maximum atomic E-state index is 5.94. The molecule has 1 unspecified atom stereocenters. The van der Waals surface area contributed by atoms with E-state index in [4.69, 9.17) is 11.6 Å². The van der Waals surface area contributed by atoms with E-state index in [2.05, 4.69) is 63.0 Å². The van der Waals surface area contributed by atoms with Gasteiger partial charge in [-0.25, -0.2) is 0 Å². The number of aryl methyl sites for hydroxylation is 1. The van der Waals surface area contributed by atoms with E-state index < -0.39 is 0 Å². The van der Waals surface area contributed by atoms with Crippen molar-refractivity contribution in [3.05, 3.63) is 55.1 Å². The van der Waals surface area contributed by atoms with Gasteiger partial charge in [0.1, 0.15) is 0 Å². The van der Waals surface area contributed by atoms with Gasteiger partial charge in [0.2, 0.25) is 0 Å². The smallest absolute Gasteiger partial charge is 0.0931 e. The fourth-order valence-corrected chi connectivity index (χ4v) is 3.58. The second-order valence-electron chi connectivity index (χ2n) is 3.51. The molecule has 1 heterocycles. The summed E-state index contributed by atoms with van der Waals surface area (Å²) >= 11 is 14.8. The average molecular weight is 381 g/mol. The summed E-state index contributed by atoms with van der Waals surface area (Å²) in [4.78, 5) is 1.43. The Balaban J connectivity index is 2.33. The van der Waals surface area contributed by atoms with Crippen molar-refractivity contribution in [1.29, 1.82) is 0 Å². The van der Waals surface area contributed by atoms with Crippen molar-refractivity contribution >= 4 is 54.8 Å². The number of hydrogen-bond acceptors (Lipinski definition) is 1. The Morgan fingerprint density at radius 1 is 1.25 bits per heavy atom. The van der Waals surface area contributed by atoms with Crippen LogP contribution in [0.15, 0.2) is 34.8 Å². The summed E-state index contributed by atoms with van der Waals surface area (Å²) in [6.45, 7) is 2.08. The molecule has 0 aliphatic carbocycles. The van der Waals surface area contributed by atoms with Crippen LogP contribution in [0.3, 0.4) is 0 Å². The van der Waals surface area contributed by atoms with E-state index in [1.807, 2.05) is 6.07 Å². The first-order valence-corrected chi connectivity index (χ1v) is 7.63. The molecule has 16 heavy (non-hydrogen) atoms. The highest BCUT2D eigenvalue weighted by atomic mass is 79.9. The molecule has 0 bridgehead atoms. The molecule has 84 valence electrons. The van der Waals surface area contributed by atoms with E-state index in [1.54, 1.807) is 11.3 Å². The lowest BCUT2D eigenvalue weighted by Gasteiger charge is -2.09. The lowest BCUT2D eigenvalue weighted by molar-refractivity contribution is 1.21. The lowest BCUT2D eigenvalue weighted by atomic mass is 10.1. The molecule has 0 amide bonds. The third-order valence-corrected chi connectivity index (χ3v) is 5.81. The maximum absolute atomic E-state index is 5.94. The van der Waals surface area contributed by atoms with Gasteiger partial charge in [-0.15, -0.1) is 11.3 Å². The molecule has 0 aliphatic heterocycles. The monoisotopic (exact) mass is 378 g/mol. The Morgan fingerprint density at radius 3 is 2.56 bits per heavy atom. The topological polar surface area (TPSA) is 0 Å². The average Bonchev–Trinajstić information content (AvgIpc) is 2.68. The van der Waals surface area contributed by atoms with Gasteiger partial charge in [-0.05, 0) is 36.2 Å². The highest BCUT2D eigenvalue weighted by Gasteiger charge is 2.13. The van der Waals surface area contributed by atoms with Gasteiger partial charge in [-0.2, -0.15) is 0 Å². The third-order valence-electron chi connectivity index (χ3n) is 2.33. The van der Waals surface area contributed by atoms with Gasteiger partial charge < -0.3 is 0 Å². The van der Waals surface area contributed by atoms with E-state index in [9.17, 15) is 0 Å². The van der Waals surface area contributed by atoms with Crippen molar-refractivity contribution in [3.8, 4) is 0 Å². The number of benzene rings is 1. The number of hydrogen-bond donors (Lipinski definition) is 0. The minimum atomic E-state index is 0.210. The van der Waals surface area contributed by atoms with E-state index in [0.29, 0.717) is 0 Å². The zero-order chi connectivity index (χ0) is 11.7. The molecule has 0 saturated heterocycles. The number of halogens is 3. The summed E-state index contributed by atoms with van der Waals surface area (Å²) in [5.41, 5.74) is 2.48. The molecular formula is C12H9Br2ClS. The standard InChI is InChI=1S/C12H9Br2ClS/c1-7-2-3-8(6-9(7)13)12(14)10-4-5-11(15)16-10/h2-6,12H,1H3. The third kappa shape index (κ3) is 2.70. The van der Waals surface area contributed by atoms with Crippen molar-refractivity contribution in [3.63, 3.8) is 0 Å². The van der Waals surface area contributed by atoms with Gasteiger partial charge in [0, 0.05) is 9.35 Å². The van der Waals surface area contributed by atoms with Crippen LogP contribution in [0.1, 0.15) is 20.8 Å². The van der Waals surface area contributed by atoms with E-state index >= 15 is 0 Å². The van der Waals surface area contributed by atoms with Crippen molar-refractivity contribution in [1.82, 2.24) is 0 Å². The SMILES string of the molecule is Cc1ccc(C(Br)c2ccc(Cl)s2)cc1Br. The Hall–Kier alpha value is 0.170. The van der Waals surface area contributed by atoms with Gasteiger partial charge in [-0.3, -0.25) is 0 Å². The van der Waals surface area contributed by atoms with Crippen LogP contribution in [-0.2, 0) is 0 Å². The van der Waals surface area contributed by atoms with Crippen LogP contribution in [0.5, 0.6) is 0 Å². The Morgan fingerprint density at radius 2 is 2.00 bits per heavy atom. The molecule has 0 spiro atoms. The van der Waals surface area contributed by atoms with Crippen LogP contribution in [-0.4, -0.2) is 0 Å². The summed E-state index contributed by atoms with van der Waals surface area (Å²) in [5.74, 6) is 0. The first-order valence-electron chi connectivity index (χ1n) is 4.73. The van der Waals surface area contributed by atoms with Gasteiger partial charge >= 0.3 is 0 Å². The first kappa shape index (κ1) is 12.6. The summed E-state index contributed by atoms with van der Waals surface area (Å²) in [6, 6.07) is 10.4. The fraction of sp³-hybridized carbons (Fsp3) is 0.167. The van der Waals surface area contributed by atoms with Crippen molar-refractivity contribution in [2.75, 3.05) is 0 Å². The van der Waals surface area contributed by atoms with Crippen LogP contribution in [0.2, 0.25) is 4.34 Å². The van der Waals surface area contributed by atoms with Crippen molar-refractivity contribution in [2.45, 2.75) is 11.8 Å². The Bertz CT molecular complexity index is 507. The summed E-state index contributed by atoms with van der Waals surface area (Å²) in [7, 11) is 0. The van der Waals surface area contributed by atoms with E-state index in [0.717, 1.165) is 8.81 Å². The first-order chi connectivity index (χ1) is 7.58. The van der Waals surface area contributed by atoms with Crippen LogP contribution in [0.4, 0.5) is 0 Å². The van der Waals surface area contributed by atoms with Gasteiger partial charge in [0.05, 0.1) is 9.16 Å². The Labute approximate surface area is 121 Å². The molecule has 1 aromatic heterocycles. The highest BCUT2D eigenvalue weighted by molar-refractivity contribution is 9.10. The molecule has 4 heteroatoms. The van der Waals surface area contributed by atoms with E-state index in [-0.39, 0.29) is 4.83 Å². The number of rotatable bonds is 2. The van der Waals surface area contributed by atoms with Crippen LogP contribution >= 0.6 is 54.8 Å². The minimum absolute atomic E-state index is 0.210. The quantitative estimate of drug-likeness (QED) is 0.564. The zero-order valence-electron chi connectivity index (χ0n) is 8.51. The molecule has 0 saturated carbocycles. The second kappa shape index (κ2) is 5.21. The predicted octanol–water partition coefficient (Wildman–Crippen LogP) is 5.96.